The smallest absolute Gasteiger partial charge is 0.273 e. The summed E-state index contributed by atoms with van der Waals surface area (Å²) in [5.41, 5.74) is 1.84. The zero-order valence-electron chi connectivity index (χ0n) is 21.4. The van der Waals surface area contributed by atoms with Crippen LogP contribution >= 0.6 is 11.3 Å². The third kappa shape index (κ3) is 5.92. The van der Waals surface area contributed by atoms with Gasteiger partial charge in [-0.3, -0.25) is 14.5 Å². The summed E-state index contributed by atoms with van der Waals surface area (Å²) in [6, 6.07) is 8.19. The highest BCUT2D eigenvalue weighted by atomic mass is 32.1. The molecule has 7 nitrogen and oxygen atoms in total. The lowest BCUT2D eigenvalue weighted by atomic mass is 9.87. The first-order chi connectivity index (χ1) is 17.6. The van der Waals surface area contributed by atoms with Crippen molar-refractivity contribution in [3.05, 3.63) is 45.9 Å². The van der Waals surface area contributed by atoms with Crippen LogP contribution in [0.4, 0.5) is 0 Å². The molecule has 8 heteroatoms. The van der Waals surface area contributed by atoms with Crippen LogP contribution in [0.1, 0.15) is 71.9 Å². The lowest BCUT2D eigenvalue weighted by Gasteiger charge is -2.35. The highest BCUT2D eigenvalue weighted by molar-refractivity contribution is 7.09. The predicted octanol–water partition coefficient (Wildman–Crippen LogP) is 4.40. The maximum absolute atomic E-state index is 13.1. The van der Waals surface area contributed by atoms with Crippen molar-refractivity contribution in [3.63, 3.8) is 0 Å². The van der Waals surface area contributed by atoms with Gasteiger partial charge in [-0.1, -0.05) is 31.4 Å². The summed E-state index contributed by atoms with van der Waals surface area (Å²) in [6.45, 7) is 5.70. The van der Waals surface area contributed by atoms with Gasteiger partial charge in [-0.2, -0.15) is 0 Å². The number of aromatic nitrogens is 1. The zero-order valence-corrected chi connectivity index (χ0v) is 22.2. The Morgan fingerprint density at radius 3 is 2.28 bits per heavy atom. The lowest BCUT2D eigenvalue weighted by molar-refractivity contribution is -0.137. The number of likely N-dealkylation sites (tertiary alicyclic amines) is 1. The van der Waals surface area contributed by atoms with Crippen molar-refractivity contribution in [1.82, 2.24) is 19.7 Å². The van der Waals surface area contributed by atoms with Gasteiger partial charge in [-0.25, -0.2) is 4.98 Å². The second-order valence-electron chi connectivity index (χ2n) is 10.4. The van der Waals surface area contributed by atoms with E-state index in [-0.39, 0.29) is 11.8 Å². The molecule has 1 aromatic heterocycles. The van der Waals surface area contributed by atoms with Crippen LogP contribution in [0.2, 0.25) is 0 Å². The third-order valence-corrected chi connectivity index (χ3v) is 9.08. The van der Waals surface area contributed by atoms with Crippen molar-refractivity contribution < 1.29 is 14.3 Å². The number of methoxy groups -OCH3 is 1. The number of rotatable bonds is 6. The highest BCUT2D eigenvalue weighted by Gasteiger charge is 2.31. The van der Waals surface area contributed by atoms with Gasteiger partial charge in [0.05, 0.1) is 12.1 Å². The van der Waals surface area contributed by atoms with E-state index in [9.17, 15) is 9.59 Å². The van der Waals surface area contributed by atoms with E-state index in [1.54, 1.807) is 18.4 Å². The number of hydrogen-bond donors (Lipinski definition) is 0. The minimum atomic E-state index is 0.0477. The summed E-state index contributed by atoms with van der Waals surface area (Å²) in [7, 11) is 1.68. The number of nitrogens with zero attached hydrogens (tertiary/aromatic N) is 4. The second-order valence-corrected chi connectivity index (χ2v) is 11.3. The van der Waals surface area contributed by atoms with Crippen LogP contribution in [0.3, 0.4) is 0 Å². The molecule has 2 amide bonds. The number of thiazole rings is 1. The van der Waals surface area contributed by atoms with Gasteiger partial charge in [0, 0.05) is 63.0 Å². The minimum Gasteiger partial charge on any atom is -0.497 e. The average molecular weight is 511 g/mol. The first kappa shape index (κ1) is 25.2. The molecule has 0 radical (unpaired) electrons. The van der Waals surface area contributed by atoms with E-state index in [4.69, 9.17) is 9.72 Å². The number of carbonyl (C=O) groups excluding carboxylic acids is 2. The van der Waals surface area contributed by atoms with Crippen molar-refractivity contribution >= 4 is 23.2 Å². The van der Waals surface area contributed by atoms with Crippen LogP contribution in [0.15, 0.2) is 29.6 Å². The fourth-order valence-electron chi connectivity index (χ4n) is 5.79. The molecule has 3 heterocycles. The first-order valence-electron chi connectivity index (χ1n) is 13.5. The monoisotopic (exact) mass is 510 g/mol. The largest absolute Gasteiger partial charge is 0.497 e. The average Bonchev–Trinajstić information content (AvgIpc) is 3.44. The Labute approximate surface area is 218 Å². The molecule has 1 aromatic carbocycles. The normalized spacial score (nSPS) is 20.5. The van der Waals surface area contributed by atoms with Crippen molar-refractivity contribution in [2.24, 2.45) is 5.92 Å². The van der Waals surface area contributed by atoms with Gasteiger partial charge in [0.15, 0.2) is 0 Å². The number of piperidine rings is 1. The van der Waals surface area contributed by atoms with E-state index < -0.39 is 0 Å². The van der Waals surface area contributed by atoms with Crippen LogP contribution < -0.4 is 4.74 Å². The molecule has 36 heavy (non-hydrogen) atoms. The number of hydrogen-bond acceptors (Lipinski definition) is 6. The molecule has 2 aromatic rings. The molecular formula is C28H38N4O3S. The topological polar surface area (TPSA) is 66.0 Å². The van der Waals surface area contributed by atoms with Gasteiger partial charge in [0.25, 0.3) is 5.91 Å². The summed E-state index contributed by atoms with van der Waals surface area (Å²) in [5, 5.41) is 2.99. The van der Waals surface area contributed by atoms with E-state index in [0.29, 0.717) is 17.5 Å². The molecule has 0 atom stereocenters. The molecular weight excluding hydrogens is 472 g/mol. The van der Waals surface area contributed by atoms with Gasteiger partial charge in [-0.15, -0.1) is 11.3 Å². The fraction of sp³-hybridized carbons (Fsp3) is 0.607. The van der Waals surface area contributed by atoms with Crippen LogP contribution in [0, 0.1) is 5.92 Å². The summed E-state index contributed by atoms with van der Waals surface area (Å²) in [5.74, 6) is 1.89. The van der Waals surface area contributed by atoms with E-state index in [1.807, 2.05) is 22.4 Å². The van der Waals surface area contributed by atoms with Crippen LogP contribution in [-0.2, 0) is 11.3 Å². The van der Waals surface area contributed by atoms with Gasteiger partial charge in [0.1, 0.15) is 11.4 Å². The molecule has 0 N–H and O–H groups in total. The standard InChI is InChI=1S/C28H38N4O3S/c1-35-24-9-7-21(8-10-24)19-30-15-17-32(18-16-30)28(34)25-20-36-26(29-25)22-11-13-31(14-12-22)27(33)23-5-3-2-4-6-23/h7-10,20,22-23H,2-6,11-19H2,1H3. The Kier molecular flexibility index (Phi) is 8.22. The molecule has 3 fully saturated rings. The first-order valence-corrected chi connectivity index (χ1v) is 14.4. The highest BCUT2D eigenvalue weighted by Crippen LogP contribution is 2.33. The Balaban J connectivity index is 1.08. The zero-order chi connectivity index (χ0) is 24.9. The maximum Gasteiger partial charge on any atom is 0.273 e. The van der Waals surface area contributed by atoms with E-state index in [0.717, 1.165) is 82.3 Å². The predicted molar refractivity (Wildman–Crippen MR) is 141 cm³/mol. The summed E-state index contributed by atoms with van der Waals surface area (Å²) in [6.07, 6.45) is 7.68. The molecule has 1 aliphatic carbocycles. The minimum absolute atomic E-state index is 0.0477. The number of amides is 2. The molecule has 0 bridgehead atoms. The number of piperazine rings is 1. The number of ether oxygens (including phenoxy) is 1. The summed E-state index contributed by atoms with van der Waals surface area (Å²) < 4.78 is 5.24. The van der Waals surface area contributed by atoms with Crippen LogP contribution in [0.5, 0.6) is 5.75 Å². The lowest BCUT2D eigenvalue weighted by Crippen LogP contribution is -2.48. The maximum atomic E-state index is 13.1. The Bertz CT molecular complexity index is 1020. The molecule has 1 saturated carbocycles. The van der Waals surface area contributed by atoms with Gasteiger partial charge in [-0.05, 0) is 43.4 Å². The Morgan fingerprint density at radius 1 is 0.917 bits per heavy atom. The van der Waals surface area contributed by atoms with E-state index in [2.05, 4.69) is 21.9 Å². The van der Waals surface area contributed by atoms with Crippen molar-refractivity contribution in [3.8, 4) is 5.75 Å². The Hall–Kier alpha value is -2.45. The summed E-state index contributed by atoms with van der Waals surface area (Å²) in [4.78, 5) is 37.2. The molecule has 5 rings (SSSR count). The van der Waals surface area contributed by atoms with Crippen molar-refractivity contribution in [2.45, 2.75) is 57.4 Å². The van der Waals surface area contributed by atoms with Crippen molar-refractivity contribution in [2.75, 3.05) is 46.4 Å². The van der Waals surface area contributed by atoms with E-state index >= 15 is 0 Å². The number of carbonyl (C=O) groups is 2. The molecule has 2 saturated heterocycles. The van der Waals surface area contributed by atoms with Crippen LogP contribution in [-0.4, -0.2) is 77.9 Å². The van der Waals surface area contributed by atoms with Gasteiger partial charge in [0.2, 0.25) is 5.91 Å². The second kappa shape index (κ2) is 11.7. The molecule has 3 aliphatic rings. The van der Waals surface area contributed by atoms with Gasteiger partial charge < -0.3 is 14.5 Å². The number of benzene rings is 1. The van der Waals surface area contributed by atoms with Crippen molar-refractivity contribution in [1.29, 1.82) is 0 Å². The molecule has 194 valence electrons. The molecule has 0 spiro atoms. The SMILES string of the molecule is COc1ccc(CN2CCN(C(=O)c3csc(C4CCN(C(=O)C5CCCCC5)CC4)n3)CC2)cc1. The molecule has 0 unspecified atom stereocenters. The Morgan fingerprint density at radius 2 is 1.61 bits per heavy atom. The van der Waals surface area contributed by atoms with E-state index in [1.165, 1.54) is 24.8 Å². The fourth-order valence-corrected chi connectivity index (χ4v) is 6.75. The quantitative estimate of drug-likeness (QED) is 0.577. The third-order valence-electron chi connectivity index (χ3n) is 8.08. The van der Waals surface area contributed by atoms with Crippen LogP contribution in [0.25, 0.3) is 0 Å². The van der Waals surface area contributed by atoms with Gasteiger partial charge >= 0.3 is 0 Å². The summed E-state index contributed by atoms with van der Waals surface area (Å²) >= 11 is 1.61. The molecule has 2 aliphatic heterocycles.